The lowest BCUT2D eigenvalue weighted by atomic mass is 10.3. The standard InChI is InChI=1S/C10H23N3O2S.HI/c1-5-7-12-10(11-3)13-9(2)6-8-16(4,14)15;/h9H,5-8H2,1-4H3,(H2,11,12,13);1H. The van der Waals surface area contributed by atoms with Crippen LogP contribution >= 0.6 is 24.0 Å². The maximum absolute atomic E-state index is 11.0. The third kappa shape index (κ3) is 12.2. The molecule has 0 radical (unpaired) electrons. The molecule has 0 spiro atoms. The Kier molecular flexibility index (Phi) is 11.3. The summed E-state index contributed by atoms with van der Waals surface area (Å²) in [5.41, 5.74) is 0. The van der Waals surface area contributed by atoms with Gasteiger partial charge in [0, 0.05) is 25.9 Å². The number of aliphatic imine (C=N–C) groups is 1. The summed E-state index contributed by atoms with van der Waals surface area (Å²) in [6, 6.07) is 0.0952. The molecule has 0 heterocycles. The number of nitrogens with one attached hydrogen (secondary N) is 2. The van der Waals surface area contributed by atoms with E-state index in [0.717, 1.165) is 18.9 Å². The zero-order valence-electron chi connectivity index (χ0n) is 11.0. The number of guanidine groups is 1. The van der Waals surface area contributed by atoms with Gasteiger partial charge in [-0.2, -0.15) is 0 Å². The zero-order chi connectivity index (χ0) is 12.6. The van der Waals surface area contributed by atoms with E-state index in [2.05, 4.69) is 22.5 Å². The van der Waals surface area contributed by atoms with Gasteiger partial charge in [-0.05, 0) is 19.8 Å². The van der Waals surface area contributed by atoms with Crippen LogP contribution in [0.4, 0.5) is 0 Å². The second-order valence-electron chi connectivity index (χ2n) is 3.96. The Morgan fingerprint density at radius 1 is 1.41 bits per heavy atom. The van der Waals surface area contributed by atoms with Gasteiger partial charge in [-0.1, -0.05) is 6.92 Å². The third-order valence-corrected chi connectivity index (χ3v) is 3.05. The Balaban J connectivity index is 0. The molecule has 0 aliphatic carbocycles. The van der Waals surface area contributed by atoms with Crippen LogP contribution in [0.3, 0.4) is 0 Å². The van der Waals surface area contributed by atoms with Crippen LogP contribution in [-0.2, 0) is 9.84 Å². The van der Waals surface area contributed by atoms with Crippen LogP contribution in [-0.4, -0.2) is 46.0 Å². The van der Waals surface area contributed by atoms with Crippen molar-refractivity contribution < 1.29 is 8.42 Å². The molecule has 1 unspecified atom stereocenters. The van der Waals surface area contributed by atoms with E-state index in [9.17, 15) is 8.42 Å². The molecule has 0 saturated carbocycles. The van der Waals surface area contributed by atoms with Crippen LogP contribution in [0.5, 0.6) is 0 Å². The molecule has 0 aliphatic rings. The number of sulfone groups is 1. The smallest absolute Gasteiger partial charge is 0.191 e. The average Bonchev–Trinajstić information content (AvgIpc) is 2.20. The molecule has 0 aliphatic heterocycles. The minimum atomic E-state index is -2.88. The van der Waals surface area contributed by atoms with E-state index in [-0.39, 0.29) is 35.8 Å². The maximum atomic E-state index is 11.0. The molecule has 0 saturated heterocycles. The van der Waals surface area contributed by atoms with Gasteiger partial charge in [0.25, 0.3) is 0 Å². The van der Waals surface area contributed by atoms with E-state index in [1.807, 2.05) is 6.92 Å². The lowest BCUT2D eigenvalue weighted by Crippen LogP contribution is -2.43. The molecule has 1 atom stereocenters. The first-order valence-corrected chi connectivity index (χ1v) is 7.60. The summed E-state index contributed by atoms with van der Waals surface area (Å²) < 4.78 is 22.0. The summed E-state index contributed by atoms with van der Waals surface area (Å²) in [6.07, 6.45) is 2.87. The van der Waals surface area contributed by atoms with Gasteiger partial charge in [-0.3, -0.25) is 4.99 Å². The van der Waals surface area contributed by atoms with E-state index in [1.165, 1.54) is 6.26 Å². The van der Waals surface area contributed by atoms with Crippen LogP contribution in [0.1, 0.15) is 26.7 Å². The van der Waals surface area contributed by atoms with E-state index in [1.54, 1.807) is 7.05 Å². The highest BCUT2D eigenvalue weighted by Gasteiger charge is 2.08. The van der Waals surface area contributed by atoms with Gasteiger partial charge in [0.05, 0.1) is 5.75 Å². The zero-order valence-corrected chi connectivity index (χ0v) is 14.1. The lowest BCUT2D eigenvalue weighted by molar-refractivity contribution is 0.581. The Morgan fingerprint density at radius 2 is 2.00 bits per heavy atom. The fraction of sp³-hybridized carbons (Fsp3) is 0.900. The molecule has 17 heavy (non-hydrogen) atoms. The molecule has 2 N–H and O–H groups in total. The third-order valence-electron chi connectivity index (χ3n) is 2.07. The second kappa shape index (κ2) is 9.93. The van der Waals surface area contributed by atoms with Gasteiger partial charge in [0.2, 0.25) is 0 Å². The molecule has 0 bridgehead atoms. The Morgan fingerprint density at radius 3 is 2.41 bits per heavy atom. The summed E-state index contributed by atoms with van der Waals surface area (Å²) in [5.74, 6) is 0.925. The van der Waals surface area contributed by atoms with Crippen LogP contribution in [0.15, 0.2) is 4.99 Å². The summed E-state index contributed by atoms with van der Waals surface area (Å²) in [7, 11) is -1.18. The fourth-order valence-corrected chi connectivity index (χ4v) is 1.92. The number of nitrogens with zero attached hydrogens (tertiary/aromatic N) is 1. The highest BCUT2D eigenvalue weighted by atomic mass is 127. The fourth-order valence-electron chi connectivity index (χ4n) is 1.13. The monoisotopic (exact) mass is 377 g/mol. The predicted molar refractivity (Wildman–Crippen MR) is 84.0 cm³/mol. The van der Waals surface area contributed by atoms with Gasteiger partial charge in [-0.15, -0.1) is 24.0 Å². The number of hydrogen-bond acceptors (Lipinski definition) is 3. The molecule has 0 fully saturated rings. The van der Waals surface area contributed by atoms with E-state index in [0.29, 0.717) is 6.42 Å². The molecular formula is C10H24IN3O2S. The van der Waals surface area contributed by atoms with Crippen molar-refractivity contribution in [3.63, 3.8) is 0 Å². The van der Waals surface area contributed by atoms with Crippen molar-refractivity contribution in [1.29, 1.82) is 0 Å². The summed E-state index contributed by atoms with van der Waals surface area (Å²) >= 11 is 0. The Labute approximate surface area is 122 Å². The average molecular weight is 377 g/mol. The molecule has 104 valence electrons. The quantitative estimate of drug-likeness (QED) is 0.412. The molecule has 5 nitrogen and oxygen atoms in total. The molecular weight excluding hydrogens is 353 g/mol. The SMILES string of the molecule is CCCNC(=NC)NC(C)CCS(C)(=O)=O.I. The minimum Gasteiger partial charge on any atom is -0.356 e. The van der Waals surface area contributed by atoms with Crippen molar-refractivity contribution >= 4 is 39.8 Å². The maximum Gasteiger partial charge on any atom is 0.191 e. The molecule has 0 aromatic heterocycles. The first-order chi connectivity index (χ1) is 7.39. The Hall–Kier alpha value is -0.0500. The Bertz CT molecular complexity index is 318. The normalized spacial score (nSPS) is 13.8. The first kappa shape index (κ1) is 19.3. The highest BCUT2D eigenvalue weighted by molar-refractivity contribution is 14.0. The van der Waals surface area contributed by atoms with Gasteiger partial charge in [0.15, 0.2) is 5.96 Å². The number of hydrogen-bond donors (Lipinski definition) is 2. The van der Waals surface area contributed by atoms with Crippen molar-refractivity contribution in [3.05, 3.63) is 0 Å². The van der Waals surface area contributed by atoms with Crippen molar-refractivity contribution in [2.45, 2.75) is 32.7 Å². The van der Waals surface area contributed by atoms with Crippen LogP contribution in [0.2, 0.25) is 0 Å². The van der Waals surface area contributed by atoms with Crippen molar-refractivity contribution in [1.82, 2.24) is 10.6 Å². The molecule has 7 heteroatoms. The van der Waals surface area contributed by atoms with Gasteiger partial charge in [-0.25, -0.2) is 8.42 Å². The molecule has 0 rings (SSSR count). The van der Waals surface area contributed by atoms with Crippen molar-refractivity contribution in [3.8, 4) is 0 Å². The number of rotatable bonds is 6. The lowest BCUT2D eigenvalue weighted by Gasteiger charge is -2.17. The number of halogens is 1. The van der Waals surface area contributed by atoms with Gasteiger partial charge < -0.3 is 10.6 Å². The molecule has 0 aromatic carbocycles. The van der Waals surface area contributed by atoms with Gasteiger partial charge >= 0.3 is 0 Å². The van der Waals surface area contributed by atoms with Gasteiger partial charge in [0.1, 0.15) is 9.84 Å². The minimum absolute atomic E-state index is 0. The van der Waals surface area contributed by atoms with Crippen LogP contribution in [0.25, 0.3) is 0 Å². The van der Waals surface area contributed by atoms with Crippen molar-refractivity contribution in [2.75, 3.05) is 25.6 Å². The summed E-state index contributed by atoms with van der Waals surface area (Å²) in [4.78, 5) is 4.05. The first-order valence-electron chi connectivity index (χ1n) is 5.54. The summed E-state index contributed by atoms with van der Waals surface area (Å²) in [6.45, 7) is 4.88. The summed E-state index contributed by atoms with van der Waals surface area (Å²) in [5, 5.41) is 6.29. The van der Waals surface area contributed by atoms with Crippen LogP contribution in [0, 0.1) is 0 Å². The molecule has 0 aromatic rings. The van der Waals surface area contributed by atoms with Crippen LogP contribution < -0.4 is 10.6 Å². The molecule has 0 amide bonds. The van der Waals surface area contributed by atoms with E-state index >= 15 is 0 Å². The van der Waals surface area contributed by atoms with E-state index < -0.39 is 9.84 Å². The topological polar surface area (TPSA) is 70.6 Å². The van der Waals surface area contributed by atoms with Crippen molar-refractivity contribution in [2.24, 2.45) is 4.99 Å². The largest absolute Gasteiger partial charge is 0.356 e. The van der Waals surface area contributed by atoms with E-state index in [4.69, 9.17) is 0 Å². The predicted octanol–water partition coefficient (Wildman–Crippen LogP) is 1.00. The second-order valence-corrected chi connectivity index (χ2v) is 6.22. The highest BCUT2D eigenvalue weighted by Crippen LogP contribution is 1.95.